The summed E-state index contributed by atoms with van der Waals surface area (Å²) in [5, 5.41) is 0. The molecule has 1 saturated heterocycles. The first-order chi connectivity index (χ1) is 9.92. The first-order valence-electron chi connectivity index (χ1n) is 7.23. The molecule has 1 aliphatic carbocycles. The fourth-order valence-electron chi connectivity index (χ4n) is 3.55. The highest BCUT2D eigenvalue weighted by Crippen LogP contribution is 2.38. The number of amides is 1. The van der Waals surface area contributed by atoms with Gasteiger partial charge in [0.25, 0.3) is 0 Å². The van der Waals surface area contributed by atoms with Crippen LogP contribution < -0.4 is 4.72 Å². The highest BCUT2D eigenvalue weighted by atomic mass is 32.2. The van der Waals surface area contributed by atoms with Crippen molar-refractivity contribution in [2.24, 2.45) is 5.92 Å². The van der Waals surface area contributed by atoms with Crippen molar-refractivity contribution in [3.63, 3.8) is 0 Å². The summed E-state index contributed by atoms with van der Waals surface area (Å²) in [5.41, 5.74) is 1.02. The molecular formula is C15H20N2O3S. The monoisotopic (exact) mass is 308 g/mol. The molecule has 1 aromatic carbocycles. The van der Waals surface area contributed by atoms with Crippen LogP contribution in [0.3, 0.4) is 0 Å². The summed E-state index contributed by atoms with van der Waals surface area (Å²) in [6, 6.07) is 9.90. The molecule has 2 fully saturated rings. The van der Waals surface area contributed by atoms with Crippen molar-refractivity contribution >= 4 is 15.9 Å². The van der Waals surface area contributed by atoms with E-state index in [9.17, 15) is 13.2 Å². The van der Waals surface area contributed by atoms with Crippen LogP contribution in [0.25, 0.3) is 0 Å². The number of benzene rings is 1. The maximum absolute atomic E-state index is 12.4. The Morgan fingerprint density at radius 1 is 1.29 bits per heavy atom. The Hall–Kier alpha value is -1.40. The molecule has 2 aliphatic rings. The number of piperidine rings is 1. The first kappa shape index (κ1) is 14.5. The van der Waals surface area contributed by atoms with Gasteiger partial charge in [0.15, 0.2) is 0 Å². The quantitative estimate of drug-likeness (QED) is 0.893. The lowest BCUT2D eigenvalue weighted by atomic mass is 10.0. The summed E-state index contributed by atoms with van der Waals surface area (Å²) in [5.74, 6) is 0.399. The molecule has 6 heteroatoms. The molecule has 2 bridgehead atoms. The molecule has 1 heterocycles. The van der Waals surface area contributed by atoms with Crippen molar-refractivity contribution in [1.29, 1.82) is 0 Å². The van der Waals surface area contributed by atoms with Crippen LogP contribution in [0.5, 0.6) is 0 Å². The summed E-state index contributed by atoms with van der Waals surface area (Å²) < 4.78 is 25.3. The Morgan fingerprint density at radius 3 is 2.57 bits per heavy atom. The van der Waals surface area contributed by atoms with Gasteiger partial charge in [0.1, 0.15) is 0 Å². The van der Waals surface area contributed by atoms with E-state index in [4.69, 9.17) is 0 Å². The minimum absolute atomic E-state index is 0.00854. The van der Waals surface area contributed by atoms with Gasteiger partial charge in [-0.3, -0.25) is 4.79 Å². The minimum Gasteiger partial charge on any atom is -0.339 e. The minimum atomic E-state index is -3.17. The molecule has 1 N–H and O–H groups in total. The van der Waals surface area contributed by atoms with E-state index >= 15 is 0 Å². The Bertz CT molecular complexity index is 630. The molecule has 1 aliphatic heterocycles. The second-order valence-corrected chi connectivity index (χ2v) is 7.87. The van der Waals surface area contributed by atoms with Crippen molar-refractivity contribution < 1.29 is 13.2 Å². The largest absolute Gasteiger partial charge is 0.339 e. The summed E-state index contributed by atoms with van der Waals surface area (Å²) >= 11 is 0. The van der Waals surface area contributed by atoms with Crippen molar-refractivity contribution in [1.82, 2.24) is 9.62 Å². The zero-order valence-electron chi connectivity index (χ0n) is 12.0. The van der Waals surface area contributed by atoms with Crippen LogP contribution >= 0.6 is 0 Å². The number of nitrogens with zero attached hydrogens (tertiary/aromatic N) is 1. The van der Waals surface area contributed by atoms with Gasteiger partial charge in [0, 0.05) is 18.6 Å². The van der Waals surface area contributed by atoms with Crippen molar-refractivity contribution in [2.75, 3.05) is 12.8 Å². The Balaban J connectivity index is 1.60. The summed E-state index contributed by atoms with van der Waals surface area (Å²) in [4.78, 5) is 14.3. The standard InChI is InChI=1S/C15H20N2O3S/c1-21(19,20)16-14-9-13-8-12(14)10-17(13)15(18)7-11-5-3-2-4-6-11/h2-6,12-14,16H,7-10H2,1H3. The number of hydrogen-bond donors (Lipinski definition) is 1. The van der Waals surface area contributed by atoms with Crippen LogP contribution in [0, 0.1) is 5.92 Å². The number of hydrogen-bond acceptors (Lipinski definition) is 3. The lowest BCUT2D eigenvalue weighted by Gasteiger charge is -2.31. The molecule has 0 spiro atoms. The third-order valence-electron chi connectivity index (χ3n) is 4.43. The lowest BCUT2D eigenvalue weighted by molar-refractivity contribution is -0.132. The predicted octanol–water partition coefficient (Wildman–Crippen LogP) is 0.768. The molecular weight excluding hydrogens is 288 g/mol. The van der Waals surface area contributed by atoms with Gasteiger partial charge in [-0.2, -0.15) is 0 Å². The van der Waals surface area contributed by atoms with E-state index in [0.717, 1.165) is 18.4 Å². The van der Waals surface area contributed by atoms with Gasteiger partial charge in [0.2, 0.25) is 15.9 Å². The molecule has 0 radical (unpaired) electrons. The van der Waals surface area contributed by atoms with Gasteiger partial charge in [-0.05, 0) is 24.3 Å². The third-order valence-corrected chi connectivity index (χ3v) is 5.16. The third kappa shape index (κ3) is 3.27. The van der Waals surface area contributed by atoms with E-state index in [-0.39, 0.29) is 23.9 Å². The average molecular weight is 308 g/mol. The summed E-state index contributed by atoms with van der Waals surface area (Å²) in [6.45, 7) is 0.670. The van der Waals surface area contributed by atoms with Gasteiger partial charge in [-0.15, -0.1) is 0 Å². The molecule has 114 valence electrons. The van der Waals surface area contributed by atoms with Crippen molar-refractivity contribution in [3.05, 3.63) is 35.9 Å². The highest BCUT2D eigenvalue weighted by molar-refractivity contribution is 7.88. The van der Waals surface area contributed by atoms with Gasteiger partial charge < -0.3 is 4.90 Å². The van der Waals surface area contributed by atoms with Crippen LogP contribution in [0.4, 0.5) is 0 Å². The molecule has 21 heavy (non-hydrogen) atoms. The summed E-state index contributed by atoms with van der Waals surface area (Å²) in [6.07, 6.45) is 3.26. The molecule has 3 atom stereocenters. The number of fused-ring (bicyclic) bond motifs is 2. The smallest absolute Gasteiger partial charge is 0.227 e. The predicted molar refractivity (Wildman–Crippen MR) is 80.1 cm³/mol. The highest BCUT2D eigenvalue weighted by Gasteiger charge is 2.46. The summed E-state index contributed by atoms with van der Waals surface area (Å²) in [7, 11) is -3.17. The maximum atomic E-state index is 12.4. The topological polar surface area (TPSA) is 66.5 Å². The second kappa shape index (κ2) is 5.42. The Labute approximate surface area is 125 Å². The number of carbonyl (C=O) groups excluding carboxylic acids is 1. The van der Waals surface area contributed by atoms with E-state index < -0.39 is 10.0 Å². The zero-order valence-corrected chi connectivity index (χ0v) is 12.8. The van der Waals surface area contributed by atoms with Crippen LogP contribution in [0.2, 0.25) is 0 Å². The van der Waals surface area contributed by atoms with Crippen LogP contribution in [0.1, 0.15) is 18.4 Å². The average Bonchev–Trinajstić information content (AvgIpc) is 2.97. The number of carbonyl (C=O) groups is 1. The van der Waals surface area contributed by atoms with E-state index in [1.165, 1.54) is 6.26 Å². The molecule has 5 nitrogen and oxygen atoms in total. The SMILES string of the molecule is CS(=O)(=O)NC1CC2CC1CN2C(=O)Cc1ccccc1. The van der Waals surface area contributed by atoms with Gasteiger partial charge in [0.05, 0.1) is 12.7 Å². The van der Waals surface area contributed by atoms with Gasteiger partial charge in [-0.25, -0.2) is 13.1 Å². The van der Waals surface area contributed by atoms with Crippen molar-refractivity contribution in [3.8, 4) is 0 Å². The number of nitrogens with one attached hydrogen (secondary N) is 1. The zero-order chi connectivity index (χ0) is 15.0. The number of rotatable bonds is 4. The van der Waals surface area contributed by atoms with Crippen LogP contribution in [-0.4, -0.2) is 44.1 Å². The van der Waals surface area contributed by atoms with E-state index in [2.05, 4.69) is 4.72 Å². The van der Waals surface area contributed by atoms with Crippen molar-refractivity contribution in [2.45, 2.75) is 31.3 Å². The van der Waals surface area contributed by atoms with Gasteiger partial charge in [-0.1, -0.05) is 30.3 Å². The fourth-order valence-corrected chi connectivity index (χ4v) is 4.39. The second-order valence-electron chi connectivity index (χ2n) is 6.09. The molecule has 1 aromatic rings. The molecule has 3 unspecified atom stereocenters. The van der Waals surface area contributed by atoms with E-state index in [1.807, 2.05) is 35.2 Å². The maximum Gasteiger partial charge on any atom is 0.227 e. The normalized spacial score (nSPS) is 28.0. The fraction of sp³-hybridized carbons (Fsp3) is 0.533. The Morgan fingerprint density at radius 2 is 2.00 bits per heavy atom. The van der Waals surface area contributed by atoms with Crippen LogP contribution in [-0.2, 0) is 21.2 Å². The molecule has 1 amide bonds. The molecule has 3 rings (SSSR count). The lowest BCUT2D eigenvalue weighted by Crippen LogP contribution is -2.47. The van der Waals surface area contributed by atoms with E-state index in [1.54, 1.807) is 0 Å². The number of sulfonamides is 1. The number of likely N-dealkylation sites (tertiary alicyclic amines) is 1. The first-order valence-corrected chi connectivity index (χ1v) is 9.12. The van der Waals surface area contributed by atoms with E-state index in [0.29, 0.717) is 13.0 Å². The van der Waals surface area contributed by atoms with Crippen LogP contribution in [0.15, 0.2) is 30.3 Å². The molecule has 0 aromatic heterocycles. The van der Waals surface area contributed by atoms with Gasteiger partial charge >= 0.3 is 0 Å². The Kier molecular flexibility index (Phi) is 3.75. The molecule has 1 saturated carbocycles.